The van der Waals surface area contributed by atoms with E-state index in [1.54, 1.807) is 0 Å². The largest absolute Gasteiger partial charge is 0.399 e. The number of aromatic nitrogens is 2. The molecular formula is C15H19N3. The molecule has 3 rings (SSSR count). The average molecular weight is 241 g/mol. The van der Waals surface area contributed by atoms with E-state index in [-0.39, 0.29) is 0 Å². The van der Waals surface area contributed by atoms with Crippen molar-refractivity contribution in [3.05, 3.63) is 42.5 Å². The van der Waals surface area contributed by atoms with E-state index in [1.165, 1.54) is 37.8 Å². The minimum atomic E-state index is 0.666. The van der Waals surface area contributed by atoms with E-state index in [0.717, 1.165) is 11.4 Å². The highest BCUT2D eigenvalue weighted by molar-refractivity contribution is 5.45. The lowest BCUT2D eigenvalue weighted by atomic mass is 9.87. The smallest absolute Gasteiger partial charge is 0.0994 e. The molecule has 0 saturated heterocycles. The summed E-state index contributed by atoms with van der Waals surface area (Å²) in [6.45, 7) is 0. The Kier molecular flexibility index (Phi) is 3.05. The summed E-state index contributed by atoms with van der Waals surface area (Å²) in [5.41, 5.74) is 9.04. The van der Waals surface area contributed by atoms with Gasteiger partial charge in [-0.25, -0.2) is 4.98 Å². The fourth-order valence-corrected chi connectivity index (χ4v) is 2.86. The van der Waals surface area contributed by atoms with Crippen molar-refractivity contribution in [3.8, 4) is 5.69 Å². The van der Waals surface area contributed by atoms with Gasteiger partial charge in [-0.1, -0.05) is 19.3 Å². The Bertz CT molecular complexity index is 507. The van der Waals surface area contributed by atoms with E-state index in [2.05, 4.69) is 21.7 Å². The first-order valence-corrected chi connectivity index (χ1v) is 6.73. The third-order valence-corrected chi connectivity index (χ3v) is 3.86. The van der Waals surface area contributed by atoms with Crippen LogP contribution in [0.1, 0.15) is 43.7 Å². The summed E-state index contributed by atoms with van der Waals surface area (Å²) in [7, 11) is 0. The van der Waals surface area contributed by atoms with E-state index in [0.29, 0.717) is 5.92 Å². The molecule has 1 aliphatic rings. The molecule has 0 spiro atoms. The predicted octanol–water partition coefficient (Wildman–Crippen LogP) is 3.50. The highest BCUT2D eigenvalue weighted by atomic mass is 15.1. The molecule has 1 aromatic heterocycles. The molecule has 0 atom stereocenters. The summed E-state index contributed by atoms with van der Waals surface area (Å²) < 4.78 is 2.20. The Labute approximate surface area is 108 Å². The van der Waals surface area contributed by atoms with Crippen molar-refractivity contribution in [2.75, 3.05) is 5.73 Å². The first-order valence-electron chi connectivity index (χ1n) is 6.73. The monoisotopic (exact) mass is 241 g/mol. The number of anilines is 1. The van der Waals surface area contributed by atoms with Gasteiger partial charge in [0.25, 0.3) is 0 Å². The van der Waals surface area contributed by atoms with Crippen molar-refractivity contribution in [3.63, 3.8) is 0 Å². The molecular weight excluding hydrogens is 222 g/mol. The van der Waals surface area contributed by atoms with Gasteiger partial charge in [-0.3, -0.25) is 0 Å². The van der Waals surface area contributed by atoms with Crippen LogP contribution in [0.5, 0.6) is 0 Å². The molecule has 18 heavy (non-hydrogen) atoms. The van der Waals surface area contributed by atoms with Crippen molar-refractivity contribution in [2.24, 2.45) is 0 Å². The zero-order chi connectivity index (χ0) is 12.4. The Morgan fingerprint density at radius 1 is 1.06 bits per heavy atom. The molecule has 1 aliphatic carbocycles. The number of benzene rings is 1. The lowest BCUT2D eigenvalue weighted by Crippen LogP contribution is -2.09. The first-order chi connectivity index (χ1) is 8.84. The maximum Gasteiger partial charge on any atom is 0.0994 e. The maximum absolute atomic E-state index is 5.74. The van der Waals surface area contributed by atoms with E-state index in [9.17, 15) is 0 Å². The minimum absolute atomic E-state index is 0.666. The van der Waals surface area contributed by atoms with Crippen LogP contribution < -0.4 is 5.73 Å². The topological polar surface area (TPSA) is 43.8 Å². The molecule has 1 aromatic carbocycles. The van der Waals surface area contributed by atoms with Crippen molar-refractivity contribution in [1.82, 2.24) is 9.55 Å². The molecule has 1 saturated carbocycles. The van der Waals surface area contributed by atoms with Crippen molar-refractivity contribution in [1.29, 1.82) is 0 Å². The fourth-order valence-electron chi connectivity index (χ4n) is 2.86. The molecule has 2 aromatic rings. The molecule has 0 unspecified atom stereocenters. The summed E-state index contributed by atoms with van der Waals surface area (Å²) in [4.78, 5) is 4.33. The molecule has 3 nitrogen and oxygen atoms in total. The van der Waals surface area contributed by atoms with Crippen LogP contribution in [0, 0.1) is 0 Å². The van der Waals surface area contributed by atoms with Gasteiger partial charge in [-0.05, 0) is 37.1 Å². The van der Waals surface area contributed by atoms with Gasteiger partial charge in [0.2, 0.25) is 0 Å². The van der Waals surface area contributed by atoms with Crippen LogP contribution in [0.2, 0.25) is 0 Å². The van der Waals surface area contributed by atoms with Crippen molar-refractivity contribution < 1.29 is 0 Å². The van der Waals surface area contributed by atoms with Crippen molar-refractivity contribution in [2.45, 2.75) is 38.0 Å². The molecule has 2 N–H and O–H groups in total. The van der Waals surface area contributed by atoms with Gasteiger partial charge in [0, 0.05) is 29.2 Å². The highest BCUT2D eigenvalue weighted by Crippen LogP contribution is 2.33. The van der Waals surface area contributed by atoms with Crippen LogP contribution in [0.25, 0.3) is 5.69 Å². The Morgan fingerprint density at radius 3 is 2.50 bits per heavy atom. The standard InChI is InChI=1S/C15H19N3/c16-13-6-8-14(9-7-13)18-11-17-10-15(18)12-4-2-1-3-5-12/h6-12H,1-5,16H2. The van der Waals surface area contributed by atoms with Crippen LogP contribution in [0.15, 0.2) is 36.8 Å². The number of nitrogen functional groups attached to an aromatic ring is 1. The highest BCUT2D eigenvalue weighted by Gasteiger charge is 2.19. The van der Waals surface area contributed by atoms with Gasteiger partial charge in [-0.2, -0.15) is 0 Å². The van der Waals surface area contributed by atoms with Gasteiger partial charge < -0.3 is 10.3 Å². The summed E-state index contributed by atoms with van der Waals surface area (Å²) in [5, 5.41) is 0. The van der Waals surface area contributed by atoms with Gasteiger partial charge in [-0.15, -0.1) is 0 Å². The molecule has 94 valence electrons. The number of imidazole rings is 1. The summed E-state index contributed by atoms with van der Waals surface area (Å²) >= 11 is 0. The quantitative estimate of drug-likeness (QED) is 0.818. The van der Waals surface area contributed by atoms with Crippen LogP contribution >= 0.6 is 0 Å². The average Bonchev–Trinajstić information content (AvgIpc) is 2.90. The second-order valence-corrected chi connectivity index (χ2v) is 5.11. The van der Waals surface area contributed by atoms with Gasteiger partial charge in [0.05, 0.1) is 6.33 Å². The van der Waals surface area contributed by atoms with E-state index >= 15 is 0 Å². The number of nitrogens with zero attached hydrogens (tertiary/aromatic N) is 2. The second-order valence-electron chi connectivity index (χ2n) is 5.11. The first kappa shape index (κ1) is 11.3. The molecule has 0 amide bonds. The zero-order valence-electron chi connectivity index (χ0n) is 10.5. The van der Waals surface area contributed by atoms with E-state index < -0.39 is 0 Å². The zero-order valence-corrected chi connectivity index (χ0v) is 10.5. The third-order valence-electron chi connectivity index (χ3n) is 3.86. The molecule has 3 heteroatoms. The fraction of sp³-hybridized carbons (Fsp3) is 0.400. The van der Waals surface area contributed by atoms with Gasteiger partial charge >= 0.3 is 0 Å². The van der Waals surface area contributed by atoms with Crippen molar-refractivity contribution >= 4 is 5.69 Å². The molecule has 1 heterocycles. The minimum Gasteiger partial charge on any atom is -0.399 e. The van der Waals surface area contributed by atoms with Crippen LogP contribution in [-0.4, -0.2) is 9.55 Å². The van der Waals surface area contributed by atoms with E-state index in [4.69, 9.17) is 5.73 Å². The summed E-state index contributed by atoms with van der Waals surface area (Å²) in [6.07, 6.45) is 10.6. The Hall–Kier alpha value is -1.77. The Morgan fingerprint density at radius 2 is 1.78 bits per heavy atom. The third kappa shape index (κ3) is 2.13. The SMILES string of the molecule is Nc1ccc(-n2cncc2C2CCCCC2)cc1. The summed E-state index contributed by atoms with van der Waals surface area (Å²) in [6, 6.07) is 8.01. The predicted molar refractivity (Wildman–Crippen MR) is 73.8 cm³/mol. The number of hydrogen-bond donors (Lipinski definition) is 1. The Balaban J connectivity index is 1.93. The number of hydrogen-bond acceptors (Lipinski definition) is 2. The number of rotatable bonds is 2. The van der Waals surface area contributed by atoms with Crippen LogP contribution in [0.3, 0.4) is 0 Å². The maximum atomic E-state index is 5.74. The normalized spacial score (nSPS) is 16.9. The van der Waals surface area contributed by atoms with Gasteiger partial charge in [0.1, 0.15) is 0 Å². The molecule has 0 bridgehead atoms. The summed E-state index contributed by atoms with van der Waals surface area (Å²) in [5.74, 6) is 0.666. The number of nitrogens with two attached hydrogens (primary N) is 1. The van der Waals surface area contributed by atoms with Crippen LogP contribution in [0.4, 0.5) is 5.69 Å². The van der Waals surface area contributed by atoms with Gasteiger partial charge in [0.15, 0.2) is 0 Å². The van der Waals surface area contributed by atoms with E-state index in [1.807, 2.05) is 24.7 Å². The second kappa shape index (κ2) is 4.84. The molecule has 0 aliphatic heterocycles. The van der Waals surface area contributed by atoms with Crippen LogP contribution in [-0.2, 0) is 0 Å². The molecule has 0 radical (unpaired) electrons. The molecule has 1 fully saturated rings. The lowest BCUT2D eigenvalue weighted by molar-refractivity contribution is 0.433. The lowest BCUT2D eigenvalue weighted by Gasteiger charge is -2.22.